The normalized spacial score (nSPS) is 11.1. The molecule has 0 atom stereocenters. The van der Waals surface area contributed by atoms with E-state index in [0.717, 1.165) is 15.8 Å². The molecule has 7 heteroatoms. The summed E-state index contributed by atoms with van der Waals surface area (Å²) in [5, 5.41) is 5.53. The fraction of sp³-hybridized carbons (Fsp3) is 0.190. The molecule has 0 fully saturated rings. The molecule has 1 amide bonds. The summed E-state index contributed by atoms with van der Waals surface area (Å²) in [6.45, 7) is 5.18. The van der Waals surface area contributed by atoms with Crippen LogP contribution in [0.3, 0.4) is 0 Å². The van der Waals surface area contributed by atoms with Gasteiger partial charge in [0, 0.05) is 29.5 Å². The van der Waals surface area contributed by atoms with Crippen molar-refractivity contribution in [3.63, 3.8) is 0 Å². The number of hydrogen-bond acceptors (Lipinski definition) is 4. The maximum Gasteiger partial charge on any atom is 0.260 e. The van der Waals surface area contributed by atoms with E-state index in [-0.39, 0.29) is 5.91 Å². The molecule has 0 aliphatic heterocycles. The second-order valence-electron chi connectivity index (χ2n) is 6.66. The molecule has 4 rings (SSSR count). The zero-order valence-electron chi connectivity index (χ0n) is 15.6. The number of thiazole rings is 1. The SMILES string of the molecule is Cc1cc(C)c2nc(N(CCn3cccn3)C(=O)c3ccc(Cl)cc3)sc2c1. The molecule has 0 spiro atoms. The molecule has 0 aliphatic carbocycles. The van der Waals surface area contributed by atoms with E-state index < -0.39 is 0 Å². The highest BCUT2D eigenvalue weighted by Gasteiger charge is 2.22. The topological polar surface area (TPSA) is 51.0 Å². The molecule has 0 saturated carbocycles. The van der Waals surface area contributed by atoms with Gasteiger partial charge in [-0.3, -0.25) is 14.4 Å². The van der Waals surface area contributed by atoms with E-state index >= 15 is 0 Å². The number of aromatic nitrogens is 3. The highest BCUT2D eigenvalue weighted by atomic mass is 35.5. The molecule has 0 saturated heterocycles. The van der Waals surface area contributed by atoms with Gasteiger partial charge < -0.3 is 0 Å². The molecular weight excluding hydrogens is 392 g/mol. The summed E-state index contributed by atoms with van der Waals surface area (Å²) >= 11 is 7.52. The van der Waals surface area contributed by atoms with Crippen molar-refractivity contribution in [1.82, 2.24) is 14.8 Å². The van der Waals surface area contributed by atoms with Gasteiger partial charge in [0.1, 0.15) is 0 Å². The second kappa shape index (κ2) is 7.73. The summed E-state index contributed by atoms with van der Waals surface area (Å²) in [6, 6.07) is 13.0. The van der Waals surface area contributed by atoms with Crippen LogP contribution in [0.15, 0.2) is 54.9 Å². The molecule has 142 valence electrons. The van der Waals surface area contributed by atoms with Gasteiger partial charge in [0.25, 0.3) is 5.91 Å². The van der Waals surface area contributed by atoms with Gasteiger partial charge in [-0.05, 0) is 61.4 Å². The molecule has 2 aromatic heterocycles. The average molecular weight is 411 g/mol. The van der Waals surface area contributed by atoms with Crippen molar-refractivity contribution < 1.29 is 4.79 Å². The minimum absolute atomic E-state index is 0.0998. The van der Waals surface area contributed by atoms with E-state index in [1.54, 1.807) is 35.4 Å². The standard InChI is InChI=1S/C21H19ClN4OS/c1-14-12-15(2)19-18(13-14)28-21(24-19)26(11-10-25-9-3-8-23-25)20(27)16-4-6-17(22)7-5-16/h3-9,12-13H,10-11H2,1-2H3. The Balaban J connectivity index is 1.72. The predicted molar refractivity (Wildman–Crippen MR) is 114 cm³/mol. The Morgan fingerprint density at radius 1 is 1.21 bits per heavy atom. The van der Waals surface area contributed by atoms with Gasteiger partial charge in [0.15, 0.2) is 5.13 Å². The first-order valence-electron chi connectivity index (χ1n) is 8.94. The number of hydrogen-bond donors (Lipinski definition) is 0. The van der Waals surface area contributed by atoms with Gasteiger partial charge in [-0.15, -0.1) is 0 Å². The lowest BCUT2D eigenvalue weighted by molar-refractivity contribution is 0.0986. The zero-order chi connectivity index (χ0) is 19.7. The lowest BCUT2D eigenvalue weighted by atomic mass is 10.1. The molecular formula is C21H19ClN4OS. The van der Waals surface area contributed by atoms with E-state index in [9.17, 15) is 4.79 Å². The van der Waals surface area contributed by atoms with Gasteiger partial charge in [-0.2, -0.15) is 5.10 Å². The first-order valence-corrected chi connectivity index (χ1v) is 10.1. The summed E-state index contributed by atoms with van der Waals surface area (Å²) < 4.78 is 2.89. The van der Waals surface area contributed by atoms with E-state index in [1.807, 2.05) is 23.9 Å². The number of nitrogens with zero attached hydrogens (tertiary/aromatic N) is 4. The summed E-state index contributed by atoms with van der Waals surface area (Å²) in [4.78, 5) is 19.8. The molecule has 4 aromatic rings. The van der Waals surface area contributed by atoms with Crippen LogP contribution in [0.2, 0.25) is 5.02 Å². The number of halogens is 1. The third-order valence-electron chi connectivity index (χ3n) is 4.50. The van der Waals surface area contributed by atoms with Crippen LogP contribution < -0.4 is 4.90 Å². The van der Waals surface area contributed by atoms with Crippen molar-refractivity contribution in [3.05, 3.63) is 76.6 Å². The van der Waals surface area contributed by atoms with Crippen LogP contribution in [0, 0.1) is 13.8 Å². The number of fused-ring (bicyclic) bond motifs is 1. The summed E-state index contributed by atoms with van der Waals surface area (Å²) in [7, 11) is 0. The second-order valence-corrected chi connectivity index (χ2v) is 8.10. The number of rotatable bonds is 5. The van der Waals surface area contributed by atoms with Crippen LogP contribution >= 0.6 is 22.9 Å². The van der Waals surface area contributed by atoms with Crippen LogP contribution in [0.5, 0.6) is 0 Å². The Morgan fingerprint density at radius 2 is 2.00 bits per heavy atom. The molecule has 0 unspecified atom stereocenters. The first kappa shape index (κ1) is 18.7. The van der Waals surface area contributed by atoms with E-state index in [2.05, 4.69) is 24.2 Å². The Morgan fingerprint density at radius 3 is 2.71 bits per heavy atom. The highest BCUT2D eigenvalue weighted by Crippen LogP contribution is 2.32. The molecule has 0 aliphatic rings. The van der Waals surface area contributed by atoms with Gasteiger partial charge in [0.05, 0.1) is 16.8 Å². The number of anilines is 1. The molecule has 0 N–H and O–H groups in total. The quantitative estimate of drug-likeness (QED) is 0.459. The smallest absolute Gasteiger partial charge is 0.260 e. The lowest BCUT2D eigenvalue weighted by Crippen LogP contribution is -2.34. The van der Waals surface area contributed by atoms with Gasteiger partial charge in [-0.1, -0.05) is 29.0 Å². The van der Waals surface area contributed by atoms with E-state index in [4.69, 9.17) is 16.6 Å². The maximum absolute atomic E-state index is 13.3. The first-order chi connectivity index (χ1) is 13.5. The van der Waals surface area contributed by atoms with Crippen LogP contribution in [-0.2, 0) is 6.54 Å². The average Bonchev–Trinajstić information content (AvgIpc) is 3.32. The largest absolute Gasteiger partial charge is 0.282 e. The van der Waals surface area contributed by atoms with Crippen LogP contribution in [0.4, 0.5) is 5.13 Å². The van der Waals surface area contributed by atoms with Gasteiger partial charge >= 0.3 is 0 Å². The van der Waals surface area contributed by atoms with Crippen molar-refractivity contribution in [3.8, 4) is 0 Å². The minimum Gasteiger partial charge on any atom is -0.282 e. The molecule has 2 heterocycles. The number of aryl methyl sites for hydroxylation is 2. The fourth-order valence-corrected chi connectivity index (χ4v) is 4.43. The third kappa shape index (κ3) is 3.79. The van der Waals surface area contributed by atoms with Crippen LogP contribution in [-0.4, -0.2) is 27.2 Å². The van der Waals surface area contributed by atoms with Crippen molar-refractivity contribution in [2.45, 2.75) is 20.4 Å². The minimum atomic E-state index is -0.0998. The number of amides is 1. The van der Waals surface area contributed by atoms with E-state index in [1.165, 1.54) is 16.9 Å². The predicted octanol–water partition coefficient (Wildman–Crippen LogP) is 5.11. The number of benzene rings is 2. The summed E-state index contributed by atoms with van der Waals surface area (Å²) in [5.74, 6) is -0.0998. The molecule has 0 bridgehead atoms. The fourth-order valence-electron chi connectivity index (χ4n) is 3.14. The van der Waals surface area contributed by atoms with Gasteiger partial charge in [0.2, 0.25) is 0 Å². The third-order valence-corrected chi connectivity index (χ3v) is 5.78. The Hall–Kier alpha value is -2.70. The monoisotopic (exact) mass is 410 g/mol. The van der Waals surface area contributed by atoms with Gasteiger partial charge in [-0.25, -0.2) is 4.98 Å². The van der Waals surface area contributed by atoms with Crippen molar-refractivity contribution in [2.24, 2.45) is 0 Å². The summed E-state index contributed by atoms with van der Waals surface area (Å²) in [5.41, 5.74) is 3.83. The van der Waals surface area contributed by atoms with Crippen molar-refractivity contribution in [2.75, 3.05) is 11.4 Å². The molecule has 2 aromatic carbocycles. The highest BCUT2D eigenvalue weighted by molar-refractivity contribution is 7.22. The van der Waals surface area contributed by atoms with Crippen molar-refractivity contribution >= 4 is 44.2 Å². The summed E-state index contributed by atoms with van der Waals surface area (Å²) in [6.07, 6.45) is 3.62. The number of carbonyl (C=O) groups excluding carboxylic acids is 1. The number of carbonyl (C=O) groups is 1. The Labute approximate surface area is 172 Å². The zero-order valence-corrected chi connectivity index (χ0v) is 17.2. The molecule has 0 radical (unpaired) electrons. The molecule has 28 heavy (non-hydrogen) atoms. The maximum atomic E-state index is 13.3. The lowest BCUT2D eigenvalue weighted by Gasteiger charge is -2.20. The Kier molecular flexibility index (Phi) is 5.15. The van der Waals surface area contributed by atoms with Crippen LogP contribution in [0.1, 0.15) is 21.5 Å². The van der Waals surface area contributed by atoms with E-state index in [0.29, 0.717) is 28.8 Å². The molecule has 5 nitrogen and oxygen atoms in total. The van der Waals surface area contributed by atoms with Crippen molar-refractivity contribution in [1.29, 1.82) is 0 Å². The van der Waals surface area contributed by atoms with Crippen LogP contribution in [0.25, 0.3) is 10.2 Å². The Bertz CT molecular complexity index is 1120.